The van der Waals surface area contributed by atoms with Crippen LogP contribution in [0.3, 0.4) is 0 Å². The second kappa shape index (κ2) is 14.6. The number of aryl methyl sites for hydroxylation is 2. The molecule has 0 fully saturated rings. The number of hydrogen-bond donors (Lipinski definition) is 1. The number of rotatable bonds is 13. The number of pyridine rings is 1. The van der Waals surface area contributed by atoms with Crippen molar-refractivity contribution in [3.05, 3.63) is 113 Å². The molecular formula is C32H34N5O6S+. The van der Waals surface area contributed by atoms with Crippen LogP contribution in [-0.4, -0.2) is 47.1 Å². The van der Waals surface area contributed by atoms with Gasteiger partial charge in [-0.3, -0.25) is 14.6 Å². The van der Waals surface area contributed by atoms with E-state index in [1.807, 2.05) is 89.5 Å². The lowest BCUT2D eigenvalue weighted by Crippen LogP contribution is -2.41. The molecule has 11 nitrogen and oxygen atoms in total. The molecule has 0 saturated carbocycles. The van der Waals surface area contributed by atoms with Crippen LogP contribution in [0.1, 0.15) is 33.6 Å². The third-order valence-corrected chi connectivity index (χ3v) is 8.14. The largest absolute Gasteiger partial charge is 0.618 e. The molecular weight excluding hydrogens is 582 g/mol. The van der Waals surface area contributed by atoms with Crippen molar-refractivity contribution in [2.24, 2.45) is 12.0 Å². The predicted molar refractivity (Wildman–Crippen MR) is 164 cm³/mol. The van der Waals surface area contributed by atoms with Gasteiger partial charge in [-0.2, -0.15) is 9.41 Å². The van der Waals surface area contributed by atoms with Gasteiger partial charge < -0.3 is 24.7 Å². The summed E-state index contributed by atoms with van der Waals surface area (Å²) in [4.78, 5) is 29.4. The van der Waals surface area contributed by atoms with Gasteiger partial charge in [-0.15, -0.1) is 4.68 Å². The summed E-state index contributed by atoms with van der Waals surface area (Å²) in [5.74, 6) is -0.245. The first kappa shape index (κ1) is 30.6. The van der Waals surface area contributed by atoms with Gasteiger partial charge in [0.25, 0.3) is 5.69 Å². The van der Waals surface area contributed by atoms with Gasteiger partial charge in [0.15, 0.2) is 12.8 Å². The molecule has 44 heavy (non-hydrogen) atoms. The minimum Gasteiger partial charge on any atom is -0.618 e. The summed E-state index contributed by atoms with van der Waals surface area (Å²) in [6.07, 6.45) is 5.76. The molecule has 12 heteroatoms. The standard InChI is InChI=1S/C32H33N5O6S/c1-35-18-25(31-34-17-29(44-31)32(39)41-2)19-36(35)15-9-14-33-30(38)26-16-27(42-21-23-10-5-3-6-11-23)28(20-37(26)40)43-22-24-12-7-4-8-13-24/h3-8,10-13,16,18-20,29H,9,14-15,17,21-22H2,1-2H3/p+1. The lowest BCUT2D eigenvalue weighted by atomic mass is 10.2. The molecule has 0 spiro atoms. The number of benzene rings is 2. The number of nitrogens with one attached hydrogen (secondary N) is 1. The van der Waals surface area contributed by atoms with Crippen LogP contribution in [0.4, 0.5) is 0 Å². The number of carbonyl (C=O) groups excluding carboxylic acids is 2. The smallest absolute Gasteiger partial charge is 0.321 e. The van der Waals surface area contributed by atoms with Gasteiger partial charge in [0.05, 0.1) is 38.0 Å². The Morgan fingerprint density at radius 2 is 1.68 bits per heavy atom. The number of esters is 1. The summed E-state index contributed by atoms with van der Waals surface area (Å²) in [6, 6.07) is 20.6. The van der Waals surface area contributed by atoms with E-state index in [-0.39, 0.29) is 35.9 Å². The van der Waals surface area contributed by atoms with Crippen LogP contribution in [0, 0.1) is 5.21 Å². The molecule has 2 aromatic carbocycles. The van der Waals surface area contributed by atoms with Crippen molar-refractivity contribution in [2.45, 2.75) is 31.4 Å². The first-order chi connectivity index (χ1) is 21.4. The van der Waals surface area contributed by atoms with E-state index in [2.05, 4.69) is 10.3 Å². The van der Waals surface area contributed by atoms with E-state index >= 15 is 0 Å². The third kappa shape index (κ3) is 7.75. The number of nitrogens with zero attached hydrogens (tertiary/aromatic N) is 4. The average molecular weight is 617 g/mol. The predicted octanol–water partition coefficient (Wildman–Crippen LogP) is 2.96. The summed E-state index contributed by atoms with van der Waals surface area (Å²) in [6.45, 7) is 1.84. The van der Waals surface area contributed by atoms with Crippen molar-refractivity contribution in [2.75, 3.05) is 20.2 Å². The molecule has 0 bridgehead atoms. The molecule has 1 aliphatic rings. The summed E-state index contributed by atoms with van der Waals surface area (Å²) in [5, 5.41) is 16.2. The van der Waals surface area contributed by atoms with E-state index in [1.165, 1.54) is 31.1 Å². The maximum Gasteiger partial charge on any atom is 0.321 e. The van der Waals surface area contributed by atoms with Crippen molar-refractivity contribution >= 4 is 28.7 Å². The molecule has 5 rings (SSSR count). The van der Waals surface area contributed by atoms with Gasteiger partial charge >= 0.3 is 11.9 Å². The van der Waals surface area contributed by atoms with Crippen LogP contribution in [0.15, 0.2) is 90.3 Å². The van der Waals surface area contributed by atoms with Crippen molar-refractivity contribution in [1.82, 2.24) is 10.00 Å². The van der Waals surface area contributed by atoms with Gasteiger partial charge in [-0.05, 0) is 17.5 Å². The SMILES string of the molecule is COC(=O)C1CN=C(c2cn(CCCNC(=O)c3cc(OCc4ccccc4)c(OCc4ccccc4)c[n+]3[O-])[n+](C)c2)S1. The minimum atomic E-state index is -0.512. The van der Waals surface area contributed by atoms with Gasteiger partial charge in [-0.1, -0.05) is 72.4 Å². The lowest BCUT2D eigenvalue weighted by molar-refractivity contribution is -0.753. The van der Waals surface area contributed by atoms with E-state index in [0.717, 1.165) is 21.7 Å². The molecule has 0 radical (unpaired) electrons. The van der Waals surface area contributed by atoms with Gasteiger partial charge in [-0.25, -0.2) is 0 Å². The molecule has 2 aromatic heterocycles. The molecule has 228 valence electrons. The van der Waals surface area contributed by atoms with Crippen LogP contribution in [0.5, 0.6) is 11.5 Å². The molecule has 3 heterocycles. The highest BCUT2D eigenvalue weighted by molar-refractivity contribution is 8.15. The summed E-state index contributed by atoms with van der Waals surface area (Å²) in [5.41, 5.74) is 2.70. The number of ether oxygens (including phenoxy) is 3. The molecule has 0 aliphatic carbocycles. The van der Waals surface area contributed by atoms with Crippen LogP contribution in [0.2, 0.25) is 0 Å². The lowest BCUT2D eigenvalue weighted by Gasteiger charge is -2.14. The molecule has 1 aliphatic heterocycles. The fraction of sp³-hybridized carbons (Fsp3) is 0.281. The number of aromatic nitrogens is 3. The fourth-order valence-corrected chi connectivity index (χ4v) is 5.57. The number of hydrogen-bond acceptors (Lipinski definition) is 8. The zero-order valence-electron chi connectivity index (χ0n) is 24.5. The molecule has 4 aromatic rings. The first-order valence-electron chi connectivity index (χ1n) is 14.2. The van der Waals surface area contributed by atoms with Crippen LogP contribution >= 0.6 is 11.8 Å². The Kier molecular flexibility index (Phi) is 10.1. The van der Waals surface area contributed by atoms with E-state index in [1.54, 1.807) is 0 Å². The number of aliphatic imine (C=N–C) groups is 1. The second-order valence-electron chi connectivity index (χ2n) is 10.1. The number of carbonyl (C=O) groups is 2. The fourth-order valence-electron chi connectivity index (χ4n) is 4.57. The molecule has 1 amide bonds. The van der Waals surface area contributed by atoms with Crippen molar-refractivity contribution in [3.63, 3.8) is 0 Å². The first-order valence-corrected chi connectivity index (χ1v) is 15.0. The average Bonchev–Trinajstić information content (AvgIpc) is 3.69. The summed E-state index contributed by atoms with van der Waals surface area (Å²) >= 11 is 1.40. The van der Waals surface area contributed by atoms with Gasteiger partial charge in [0.2, 0.25) is 18.1 Å². The topological polar surface area (TPSA) is 122 Å². The van der Waals surface area contributed by atoms with E-state index in [9.17, 15) is 14.8 Å². The van der Waals surface area contributed by atoms with E-state index < -0.39 is 5.91 Å². The quantitative estimate of drug-likeness (QED) is 0.106. The normalized spacial score (nSPS) is 14.1. The Morgan fingerprint density at radius 3 is 2.34 bits per heavy atom. The molecule has 0 saturated heterocycles. The van der Waals surface area contributed by atoms with Crippen LogP contribution in [-0.2, 0) is 36.3 Å². The number of amides is 1. The maximum absolute atomic E-state index is 13.1. The zero-order valence-corrected chi connectivity index (χ0v) is 25.4. The monoisotopic (exact) mass is 616 g/mol. The maximum atomic E-state index is 13.1. The second-order valence-corrected chi connectivity index (χ2v) is 11.3. The van der Waals surface area contributed by atoms with Crippen LogP contribution in [0.25, 0.3) is 0 Å². The Labute approximate surface area is 259 Å². The third-order valence-electron chi connectivity index (χ3n) is 6.92. The van der Waals surface area contributed by atoms with Crippen molar-refractivity contribution < 1.29 is 33.2 Å². The Morgan fingerprint density at radius 1 is 1.02 bits per heavy atom. The number of thioether (sulfide) groups is 1. The summed E-state index contributed by atoms with van der Waals surface area (Å²) in [7, 11) is 3.29. The van der Waals surface area contributed by atoms with E-state index in [4.69, 9.17) is 14.2 Å². The highest BCUT2D eigenvalue weighted by Crippen LogP contribution is 2.28. The van der Waals surface area contributed by atoms with E-state index in [0.29, 0.717) is 36.5 Å². The minimum absolute atomic E-state index is 0.0923. The van der Waals surface area contributed by atoms with Crippen LogP contribution < -0.4 is 24.2 Å². The number of methoxy groups -OCH3 is 1. The van der Waals surface area contributed by atoms with Gasteiger partial charge in [0, 0.05) is 6.54 Å². The van der Waals surface area contributed by atoms with Crippen molar-refractivity contribution in [3.8, 4) is 11.5 Å². The highest BCUT2D eigenvalue weighted by atomic mass is 32.2. The Bertz CT molecular complexity index is 1630. The molecule has 1 N–H and O–H groups in total. The Hall–Kier alpha value is -4.84. The summed E-state index contributed by atoms with van der Waals surface area (Å²) < 4.78 is 21.2. The van der Waals surface area contributed by atoms with Gasteiger partial charge in [0.1, 0.15) is 23.5 Å². The van der Waals surface area contributed by atoms with Crippen molar-refractivity contribution in [1.29, 1.82) is 0 Å². The highest BCUT2D eigenvalue weighted by Gasteiger charge is 2.30. The molecule has 1 unspecified atom stereocenters. The zero-order chi connectivity index (χ0) is 30.9. The molecule has 1 atom stereocenters. The Balaban J connectivity index is 1.20.